The largest absolute Gasteiger partial charge is 0.462 e. The Morgan fingerprint density at radius 2 is 1.77 bits per heavy atom. The number of thiophene rings is 1. The fraction of sp³-hybridized carbons (Fsp3) is 0.235. The number of carbonyl (C=O) groups excluding carboxylic acids is 2. The molecule has 0 radical (unpaired) electrons. The van der Waals surface area contributed by atoms with Crippen molar-refractivity contribution in [3.05, 3.63) is 116 Å². The maximum Gasteiger partial charge on any atom is 0.338 e. The number of aryl methyl sites for hydroxylation is 1. The third-order valence-electron chi connectivity index (χ3n) is 7.48. The molecule has 1 aliphatic heterocycles. The van der Waals surface area contributed by atoms with E-state index in [9.17, 15) is 14.4 Å². The van der Waals surface area contributed by atoms with Gasteiger partial charge in [-0.05, 0) is 67.8 Å². The van der Waals surface area contributed by atoms with Crippen molar-refractivity contribution in [2.45, 2.75) is 38.5 Å². The number of hydrogen-bond acceptors (Lipinski definition) is 8. The van der Waals surface area contributed by atoms with Gasteiger partial charge in [-0.15, -0.1) is 11.3 Å². The van der Waals surface area contributed by atoms with Gasteiger partial charge in [-0.3, -0.25) is 19.1 Å². The average Bonchev–Trinajstić information content (AvgIpc) is 3.39. The molecule has 5 aromatic rings. The predicted molar refractivity (Wildman–Crippen MR) is 176 cm³/mol. The van der Waals surface area contributed by atoms with Gasteiger partial charge in [0.05, 0.1) is 29.0 Å². The van der Waals surface area contributed by atoms with Crippen LogP contribution in [0.1, 0.15) is 38.8 Å². The standard InChI is InChI=1S/C34H32N4O4S2/c1-3-42-33(41)24-11-13-25(14-12-24)35-29(39)21-43-34-36-31-30(32(40)38(34)26-15-9-22(2)10-16-26)27-17-18-37(20-28(27)44-31)19-23-7-5-4-6-8-23/h4-16H,3,17-21H2,1-2H3,(H,35,39). The van der Waals surface area contributed by atoms with E-state index in [2.05, 4.69) is 34.5 Å². The number of aromatic nitrogens is 2. The summed E-state index contributed by atoms with van der Waals surface area (Å²) in [6.45, 7) is 6.55. The molecule has 3 aromatic carbocycles. The molecule has 6 rings (SSSR count). The summed E-state index contributed by atoms with van der Waals surface area (Å²) >= 11 is 2.80. The van der Waals surface area contributed by atoms with Crippen molar-refractivity contribution in [2.75, 3.05) is 24.2 Å². The van der Waals surface area contributed by atoms with Gasteiger partial charge in [-0.25, -0.2) is 9.78 Å². The van der Waals surface area contributed by atoms with Crippen molar-refractivity contribution in [2.24, 2.45) is 0 Å². The molecule has 8 nitrogen and oxygen atoms in total. The van der Waals surface area contributed by atoms with Crippen LogP contribution in [0.5, 0.6) is 0 Å². The molecule has 3 heterocycles. The molecule has 0 atom stereocenters. The summed E-state index contributed by atoms with van der Waals surface area (Å²) in [5.74, 6) is -0.597. The lowest BCUT2D eigenvalue weighted by atomic mass is 10.0. The summed E-state index contributed by atoms with van der Waals surface area (Å²) in [6, 6.07) is 24.8. The fourth-order valence-corrected chi connectivity index (χ4v) is 7.42. The Morgan fingerprint density at radius 1 is 1.02 bits per heavy atom. The van der Waals surface area contributed by atoms with Gasteiger partial charge in [0, 0.05) is 30.2 Å². The highest BCUT2D eigenvalue weighted by Crippen LogP contribution is 2.35. The minimum Gasteiger partial charge on any atom is -0.462 e. The number of amides is 1. The molecule has 2 aromatic heterocycles. The highest BCUT2D eigenvalue weighted by atomic mass is 32.2. The number of anilines is 1. The SMILES string of the molecule is CCOC(=O)c1ccc(NC(=O)CSc2nc3sc4c(c3c(=O)n2-c2ccc(C)cc2)CCN(Cc2ccccc2)C4)cc1. The Labute approximate surface area is 263 Å². The highest BCUT2D eigenvalue weighted by Gasteiger charge is 2.26. The molecule has 0 saturated carbocycles. The molecular weight excluding hydrogens is 593 g/mol. The molecule has 44 heavy (non-hydrogen) atoms. The lowest BCUT2D eigenvalue weighted by molar-refractivity contribution is -0.113. The molecular formula is C34H32N4O4S2. The van der Waals surface area contributed by atoms with Gasteiger partial charge in [0.15, 0.2) is 5.16 Å². The number of benzene rings is 3. The Kier molecular flexibility index (Phi) is 8.92. The smallest absolute Gasteiger partial charge is 0.338 e. The normalized spacial score (nSPS) is 13.0. The van der Waals surface area contributed by atoms with Crippen LogP contribution in [-0.4, -0.2) is 45.2 Å². The van der Waals surface area contributed by atoms with E-state index in [1.807, 2.05) is 37.3 Å². The number of thioether (sulfide) groups is 1. The van der Waals surface area contributed by atoms with Gasteiger partial charge in [0.2, 0.25) is 5.91 Å². The number of ether oxygens (including phenoxy) is 1. The second kappa shape index (κ2) is 13.2. The minimum absolute atomic E-state index is 0.0549. The Hall–Kier alpha value is -4.25. The third kappa shape index (κ3) is 6.47. The van der Waals surface area contributed by atoms with Crippen LogP contribution < -0.4 is 10.9 Å². The first kappa shape index (κ1) is 29.8. The maximum absolute atomic E-state index is 14.2. The summed E-state index contributed by atoms with van der Waals surface area (Å²) in [5, 5.41) is 4.02. The van der Waals surface area contributed by atoms with Crippen molar-refractivity contribution >= 4 is 50.9 Å². The van der Waals surface area contributed by atoms with Crippen LogP contribution >= 0.6 is 23.1 Å². The second-order valence-electron chi connectivity index (χ2n) is 10.6. The van der Waals surface area contributed by atoms with Crippen LogP contribution in [0.25, 0.3) is 15.9 Å². The Morgan fingerprint density at radius 3 is 2.50 bits per heavy atom. The molecule has 0 bridgehead atoms. The number of fused-ring (bicyclic) bond motifs is 3. The number of nitrogens with zero attached hydrogens (tertiary/aromatic N) is 3. The van der Waals surface area contributed by atoms with Gasteiger partial charge >= 0.3 is 5.97 Å². The monoisotopic (exact) mass is 624 g/mol. The van der Waals surface area contributed by atoms with Crippen molar-refractivity contribution < 1.29 is 14.3 Å². The van der Waals surface area contributed by atoms with Crippen molar-refractivity contribution in [3.8, 4) is 5.69 Å². The van der Waals surface area contributed by atoms with Crippen LogP contribution in [-0.2, 0) is 29.0 Å². The van der Waals surface area contributed by atoms with Crippen LogP contribution in [0, 0.1) is 6.92 Å². The number of hydrogen-bond donors (Lipinski definition) is 1. The summed E-state index contributed by atoms with van der Waals surface area (Å²) in [5.41, 5.74) is 5.04. The van der Waals surface area contributed by atoms with E-state index in [1.54, 1.807) is 47.1 Å². The van der Waals surface area contributed by atoms with E-state index in [1.165, 1.54) is 22.2 Å². The maximum atomic E-state index is 14.2. The summed E-state index contributed by atoms with van der Waals surface area (Å²) in [4.78, 5) is 48.3. The fourth-order valence-electron chi connectivity index (χ4n) is 5.30. The van der Waals surface area contributed by atoms with E-state index >= 15 is 0 Å². The molecule has 1 amide bonds. The number of nitrogens with one attached hydrogen (secondary N) is 1. The van der Waals surface area contributed by atoms with Gasteiger partial charge in [0.25, 0.3) is 5.56 Å². The van der Waals surface area contributed by atoms with Gasteiger partial charge < -0.3 is 10.1 Å². The number of esters is 1. The number of carbonyl (C=O) groups is 2. The first-order valence-corrected chi connectivity index (χ1v) is 16.3. The van der Waals surface area contributed by atoms with Crippen LogP contribution in [0.2, 0.25) is 0 Å². The van der Waals surface area contributed by atoms with Crippen molar-refractivity contribution in [1.82, 2.24) is 14.5 Å². The van der Waals surface area contributed by atoms with E-state index in [0.29, 0.717) is 38.9 Å². The zero-order valence-electron chi connectivity index (χ0n) is 24.5. The van der Waals surface area contributed by atoms with Crippen LogP contribution in [0.15, 0.2) is 88.8 Å². The molecule has 10 heteroatoms. The lowest BCUT2D eigenvalue weighted by Crippen LogP contribution is -2.30. The van der Waals surface area contributed by atoms with E-state index < -0.39 is 5.97 Å². The average molecular weight is 625 g/mol. The molecule has 0 spiro atoms. The van der Waals surface area contributed by atoms with Gasteiger partial charge in [0.1, 0.15) is 4.83 Å². The summed E-state index contributed by atoms with van der Waals surface area (Å²) in [6.07, 6.45) is 0.789. The van der Waals surface area contributed by atoms with Crippen molar-refractivity contribution in [1.29, 1.82) is 0 Å². The molecule has 0 fully saturated rings. The highest BCUT2D eigenvalue weighted by molar-refractivity contribution is 7.99. The first-order chi connectivity index (χ1) is 21.4. The second-order valence-corrected chi connectivity index (χ2v) is 12.7. The minimum atomic E-state index is -0.407. The topological polar surface area (TPSA) is 93.5 Å². The zero-order chi connectivity index (χ0) is 30.6. The van der Waals surface area contributed by atoms with Gasteiger partial charge in [-0.1, -0.05) is 59.8 Å². The molecule has 1 aliphatic rings. The van der Waals surface area contributed by atoms with Gasteiger partial charge in [-0.2, -0.15) is 0 Å². The predicted octanol–water partition coefficient (Wildman–Crippen LogP) is 6.22. The van der Waals surface area contributed by atoms with E-state index in [0.717, 1.165) is 37.2 Å². The zero-order valence-corrected chi connectivity index (χ0v) is 26.2. The van der Waals surface area contributed by atoms with Crippen molar-refractivity contribution in [3.63, 3.8) is 0 Å². The number of rotatable bonds is 9. The van der Waals surface area contributed by atoms with E-state index in [4.69, 9.17) is 9.72 Å². The molecule has 0 saturated heterocycles. The third-order valence-corrected chi connectivity index (χ3v) is 9.53. The molecule has 0 aliphatic carbocycles. The molecule has 1 N–H and O–H groups in total. The van der Waals surface area contributed by atoms with E-state index in [-0.39, 0.29) is 17.2 Å². The lowest BCUT2D eigenvalue weighted by Gasteiger charge is -2.26. The quantitative estimate of drug-likeness (QED) is 0.118. The summed E-state index contributed by atoms with van der Waals surface area (Å²) < 4.78 is 6.66. The summed E-state index contributed by atoms with van der Waals surface area (Å²) in [7, 11) is 0. The van der Waals surface area contributed by atoms with Crippen LogP contribution in [0.3, 0.4) is 0 Å². The Bertz CT molecular complexity index is 1870. The van der Waals surface area contributed by atoms with Crippen LogP contribution in [0.4, 0.5) is 5.69 Å². The molecule has 224 valence electrons. The first-order valence-electron chi connectivity index (χ1n) is 14.5. The Balaban J connectivity index is 1.26. The molecule has 0 unspecified atom stereocenters.